The van der Waals surface area contributed by atoms with Crippen molar-refractivity contribution in [1.29, 1.82) is 0 Å². The first-order valence-corrected chi connectivity index (χ1v) is 12.5. The fourth-order valence-electron chi connectivity index (χ4n) is 4.63. The van der Waals surface area contributed by atoms with Crippen molar-refractivity contribution in [1.82, 2.24) is 4.90 Å². The number of likely N-dealkylation sites (tertiary alicyclic amines) is 1. The van der Waals surface area contributed by atoms with Crippen LogP contribution in [0.3, 0.4) is 0 Å². The molecule has 1 heterocycles. The molecule has 0 aromatic heterocycles. The molecule has 3 aromatic rings. The third-order valence-corrected chi connectivity index (χ3v) is 6.61. The minimum Gasteiger partial charge on any atom is -0.489 e. The Hall–Kier alpha value is -2.78. The van der Waals surface area contributed by atoms with Gasteiger partial charge in [-0.3, -0.25) is 4.90 Å². The molecule has 0 unspecified atom stereocenters. The lowest BCUT2D eigenvalue weighted by Gasteiger charge is -2.40. The Kier molecular flexibility index (Phi) is 8.43. The third-order valence-electron chi connectivity index (χ3n) is 6.61. The molecule has 0 N–H and O–H groups in total. The topological polar surface area (TPSA) is 15.7 Å². The van der Waals surface area contributed by atoms with Crippen molar-refractivity contribution in [2.75, 3.05) is 24.5 Å². The van der Waals surface area contributed by atoms with Crippen molar-refractivity contribution < 1.29 is 4.74 Å². The van der Waals surface area contributed by atoms with Crippen LogP contribution in [0.15, 0.2) is 84.9 Å². The van der Waals surface area contributed by atoms with Crippen LogP contribution in [0.25, 0.3) is 0 Å². The second-order valence-electron chi connectivity index (χ2n) is 9.64. The Labute approximate surface area is 200 Å². The van der Waals surface area contributed by atoms with Gasteiger partial charge in [-0.2, -0.15) is 0 Å². The van der Waals surface area contributed by atoms with Crippen molar-refractivity contribution in [2.24, 2.45) is 5.92 Å². The summed E-state index contributed by atoms with van der Waals surface area (Å²) in [7, 11) is 0. The predicted octanol–water partition coefficient (Wildman–Crippen LogP) is 6.78. The number of hydrogen-bond donors (Lipinski definition) is 0. The molecule has 1 fully saturated rings. The van der Waals surface area contributed by atoms with Crippen LogP contribution in [0.1, 0.15) is 44.2 Å². The van der Waals surface area contributed by atoms with Gasteiger partial charge in [0.15, 0.2) is 0 Å². The van der Waals surface area contributed by atoms with Crippen molar-refractivity contribution in [3.05, 3.63) is 96.1 Å². The molecule has 0 spiro atoms. The molecule has 3 aromatic carbocycles. The minimum atomic E-state index is 0.604. The Balaban J connectivity index is 1.36. The fourth-order valence-corrected chi connectivity index (χ4v) is 4.63. The van der Waals surface area contributed by atoms with Crippen LogP contribution in [0.4, 0.5) is 5.69 Å². The van der Waals surface area contributed by atoms with E-state index in [2.05, 4.69) is 103 Å². The van der Waals surface area contributed by atoms with E-state index < -0.39 is 0 Å². The number of benzene rings is 3. The Morgan fingerprint density at radius 1 is 0.818 bits per heavy atom. The molecule has 1 aliphatic heterocycles. The zero-order chi connectivity index (χ0) is 22.9. The Morgan fingerprint density at radius 3 is 2.03 bits per heavy atom. The van der Waals surface area contributed by atoms with Gasteiger partial charge in [-0.05, 0) is 60.6 Å². The molecule has 1 saturated heterocycles. The van der Waals surface area contributed by atoms with Gasteiger partial charge in [0.1, 0.15) is 12.4 Å². The van der Waals surface area contributed by atoms with Crippen LogP contribution < -0.4 is 9.64 Å². The lowest BCUT2D eigenvalue weighted by Crippen LogP contribution is -2.45. The van der Waals surface area contributed by atoms with Crippen molar-refractivity contribution in [3.63, 3.8) is 0 Å². The number of ether oxygens (including phenoxy) is 1. The lowest BCUT2D eigenvalue weighted by molar-refractivity contribution is 0.200. The summed E-state index contributed by atoms with van der Waals surface area (Å²) in [6, 6.07) is 30.6. The van der Waals surface area contributed by atoms with Gasteiger partial charge in [0.05, 0.1) is 0 Å². The van der Waals surface area contributed by atoms with E-state index in [1.807, 2.05) is 6.07 Å². The highest BCUT2D eigenvalue weighted by Gasteiger charge is 2.25. The molecule has 0 amide bonds. The van der Waals surface area contributed by atoms with Crippen LogP contribution in [0.2, 0.25) is 0 Å². The molecule has 0 aliphatic carbocycles. The van der Waals surface area contributed by atoms with Gasteiger partial charge in [0, 0.05) is 37.9 Å². The number of rotatable bonds is 10. The van der Waals surface area contributed by atoms with E-state index in [4.69, 9.17) is 4.74 Å². The SMILES string of the molecule is CC(C)CCN(c1ccc(OCc2ccccc2)cc1)C1CCN(Cc2ccccc2)CC1. The second kappa shape index (κ2) is 11.9. The zero-order valence-electron chi connectivity index (χ0n) is 20.2. The van der Waals surface area contributed by atoms with Crippen LogP contribution in [0.5, 0.6) is 5.75 Å². The first-order valence-electron chi connectivity index (χ1n) is 12.5. The van der Waals surface area contributed by atoms with E-state index in [9.17, 15) is 0 Å². The average Bonchev–Trinajstić information content (AvgIpc) is 2.86. The van der Waals surface area contributed by atoms with Crippen LogP contribution >= 0.6 is 0 Å². The normalized spacial score (nSPS) is 15.0. The summed E-state index contributed by atoms with van der Waals surface area (Å²) >= 11 is 0. The van der Waals surface area contributed by atoms with Crippen molar-refractivity contribution >= 4 is 5.69 Å². The first-order chi connectivity index (χ1) is 16.2. The molecule has 1 aliphatic rings. The Bertz CT molecular complexity index is 932. The third kappa shape index (κ3) is 7.10. The summed E-state index contributed by atoms with van der Waals surface area (Å²) < 4.78 is 6.02. The molecule has 3 heteroatoms. The van der Waals surface area contributed by atoms with Gasteiger partial charge in [-0.1, -0.05) is 74.5 Å². The van der Waals surface area contributed by atoms with Gasteiger partial charge in [-0.25, -0.2) is 0 Å². The maximum atomic E-state index is 6.02. The highest BCUT2D eigenvalue weighted by molar-refractivity contribution is 5.50. The molecule has 3 nitrogen and oxygen atoms in total. The largest absolute Gasteiger partial charge is 0.489 e. The molecule has 0 radical (unpaired) electrons. The van der Waals surface area contributed by atoms with Gasteiger partial charge in [-0.15, -0.1) is 0 Å². The summed E-state index contributed by atoms with van der Waals surface area (Å²) in [4.78, 5) is 5.26. The smallest absolute Gasteiger partial charge is 0.119 e. The van der Waals surface area contributed by atoms with E-state index in [-0.39, 0.29) is 0 Å². The van der Waals surface area contributed by atoms with Crippen molar-refractivity contribution in [2.45, 2.75) is 52.3 Å². The highest BCUT2D eigenvalue weighted by Crippen LogP contribution is 2.27. The van der Waals surface area contributed by atoms with Gasteiger partial charge >= 0.3 is 0 Å². The van der Waals surface area contributed by atoms with Crippen LogP contribution in [0, 0.1) is 5.92 Å². The first kappa shape index (κ1) is 23.4. The maximum Gasteiger partial charge on any atom is 0.119 e. The van der Waals surface area contributed by atoms with Gasteiger partial charge in [0.2, 0.25) is 0 Å². The molecule has 174 valence electrons. The molecule has 4 rings (SSSR count). The molecule has 0 atom stereocenters. The van der Waals surface area contributed by atoms with Gasteiger partial charge in [0.25, 0.3) is 0 Å². The van der Waals surface area contributed by atoms with E-state index in [0.717, 1.165) is 31.9 Å². The van der Waals surface area contributed by atoms with Crippen molar-refractivity contribution in [3.8, 4) is 5.75 Å². The quantitative estimate of drug-likeness (QED) is 0.344. The monoisotopic (exact) mass is 442 g/mol. The molecule has 0 saturated carbocycles. The van der Waals surface area contributed by atoms with E-state index >= 15 is 0 Å². The summed E-state index contributed by atoms with van der Waals surface area (Å²) in [5.74, 6) is 1.64. The van der Waals surface area contributed by atoms with E-state index in [1.54, 1.807) is 0 Å². The number of anilines is 1. The summed E-state index contributed by atoms with van der Waals surface area (Å²) in [5, 5.41) is 0. The zero-order valence-corrected chi connectivity index (χ0v) is 20.2. The predicted molar refractivity (Wildman–Crippen MR) is 139 cm³/mol. The van der Waals surface area contributed by atoms with Gasteiger partial charge < -0.3 is 9.64 Å². The molecular formula is C30H38N2O. The van der Waals surface area contributed by atoms with E-state index in [0.29, 0.717) is 18.6 Å². The lowest BCUT2D eigenvalue weighted by atomic mass is 10.00. The van der Waals surface area contributed by atoms with Crippen LogP contribution in [-0.4, -0.2) is 30.6 Å². The maximum absolute atomic E-state index is 6.02. The summed E-state index contributed by atoms with van der Waals surface area (Å²) in [5.41, 5.74) is 3.94. The molecule has 33 heavy (non-hydrogen) atoms. The Morgan fingerprint density at radius 2 is 1.42 bits per heavy atom. The van der Waals surface area contributed by atoms with E-state index in [1.165, 1.54) is 36.1 Å². The number of hydrogen-bond acceptors (Lipinski definition) is 3. The number of piperidine rings is 1. The average molecular weight is 443 g/mol. The molecule has 0 bridgehead atoms. The highest BCUT2D eigenvalue weighted by atomic mass is 16.5. The van der Waals surface area contributed by atoms with Crippen LogP contribution in [-0.2, 0) is 13.2 Å². The fraction of sp³-hybridized carbons (Fsp3) is 0.400. The summed E-state index contributed by atoms with van der Waals surface area (Å²) in [6.07, 6.45) is 3.66. The number of nitrogens with zero attached hydrogens (tertiary/aromatic N) is 2. The molecular weight excluding hydrogens is 404 g/mol. The summed E-state index contributed by atoms with van der Waals surface area (Å²) in [6.45, 7) is 9.75. The second-order valence-corrected chi connectivity index (χ2v) is 9.64. The minimum absolute atomic E-state index is 0.604. The standard InChI is InChI=1S/C30H38N2O/c1-25(2)17-22-32(29-18-20-31(21-19-29)23-26-9-5-3-6-10-26)28-13-15-30(16-14-28)33-24-27-11-7-4-8-12-27/h3-16,25,29H,17-24H2,1-2H3.